The fourth-order valence-electron chi connectivity index (χ4n) is 3.91. The van der Waals surface area contributed by atoms with Gasteiger partial charge in [0.25, 0.3) is 0 Å². The Morgan fingerprint density at radius 2 is 2.27 bits per heavy atom. The van der Waals surface area contributed by atoms with Gasteiger partial charge in [-0.1, -0.05) is 6.07 Å². The average Bonchev–Trinajstić information content (AvgIpc) is 3.17. The third-order valence-corrected chi connectivity index (χ3v) is 5.25. The van der Waals surface area contributed by atoms with Crippen molar-refractivity contribution in [1.29, 1.82) is 0 Å². The van der Waals surface area contributed by atoms with Gasteiger partial charge in [0.05, 0.1) is 12.6 Å². The van der Waals surface area contributed by atoms with E-state index >= 15 is 0 Å². The molecule has 0 aromatic heterocycles. The number of rotatable bonds is 7. The molecule has 2 fully saturated rings. The maximum atomic E-state index is 14.0. The molecule has 2 heterocycles. The molecule has 0 bridgehead atoms. The maximum Gasteiger partial charge on any atom is 0.237 e. The van der Waals surface area contributed by atoms with Crippen molar-refractivity contribution in [3.63, 3.8) is 0 Å². The molecule has 1 aromatic carbocycles. The van der Waals surface area contributed by atoms with E-state index in [4.69, 9.17) is 4.74 Å². The number of carbonyl (C=O) groups is 1. The van der Waals surface area contributed by atoms with Crippen molar-refractivity contribution in [2.45, 2.75) is 45.2 Å². The first-order valence-electron chi connectivity index (χ1n) is 9.80. The number of nitrogens with one attached hydrogen (secondary N) is 2. The number of ether oxygens (including phenoxy) is 1. The second-order valence-electron chi connectivity index (χ2n) is 7.34. The molecule has 0 spiro atoms. The molecule has 2 saturated heterocycles. The molecule has 2 unspecified atom stereocenters. The van der Waals surface area contributed by atoms with Gasteiger partial charge in [-0.3, -0.25) is 9.69 Å². The monoisotopic (exact) mass is 363 g/mol. The lowest BCUT2D eigenvalue weighted by Crippen LogP contribution is -2.45. The number of hydrogen-bond acceptors (Lipinski definition) is 4. The van der Waals surface area contributed by atoms with Crippen molar-refractivity contribution < 1.29 is 13.9 Å². The van der Waals surface area contributed by atoms with E-state index in [-0.39, 0.29) is 17.8 Å². The summed E-state index contributed by atoms with van der Waals surface area (Å²) >= 11 is 0. The van der Waals surface area contributed by atoms with Gasteiger partial charge in [0.1, 0.15) is 0 Å². The van der Waals surface area contributed by atoms with E-state index in [0.29, 0.717) is 18.3 Å². The molecule has 0 radical (unpaired) electrons. The quantitative estimate of drug-likeness (QED) is 0.781. The van der Waals surface area contributed by atoms with Crippen molar-refractivity contribution in [2.75, 3.05) is 32.8 Å². The van der Waals surface area contributed by atoms with Gasteiger partial charge in [-0.05, 0) is 69.3 Å². The number of amides is 1. The van der Waals surface area contributed by atoms with E-state index in [1.54, 1.807) is 12.1 Å². The number of benzene rings is 1. The lowest BCUT2D eigenvalue weighted by atomic mass is 9.97. The Labute approximate surface area is 155 Å². The number of likely N-dealkylation sites (tertiary alicyclic amines) is 1. The summed E-state index contributed by atoms with van der Waals surface area (Å²) in [6.07, 6.45) is 4.26. The second kappa shape index (κ2) is 9.33. The van der Waals surface area contributed by atoms with Crippen molar-refractivity contribution >= 4 is 5.91 Å². The summed E-state index contributed by atoms with van der Waals surface area (Å²) in [7, 11) is 0. The van der Waals surface area contributed by atoms with Gasteiger partial charge in [-0.15, -0.1) is 0 Å². The first-order valence-corrected chi connectivity index (χ1v) is 9.80. The normalized spacial score (nSPS) is 23.8. The highest BCUT2D eigenvalue weighted by atomic mass is 19.1. The number of nitrogens with zero attached hydrogens (tertiary/aromatic N) is 1. The molecule has 0 aliphatic carbocycles. The molecular formula is C20H30FN3O2. The highest BCUT2D eigenvalue weighted by molar-refractivity contribution is 5.81. The standard InChI is InChI=1S/C20H30FN3O2/c1-2-26-19-8-7-15(11-17(19)21)13-24-10-4-5-16(14-24)12-23-20(25)18-6-3-9-22-18/h7-8,11,16,18,22H,2-6,9-10,12-14H2,1H3,(H,23,25). The van der Waals surface area contributed by atoms with Crippen LogP contribution in [0.3, 0.4) is 0 Å². The minimum Gasteiger partial charge on any atom is -0.491 e. The van der Waals surface area contributed by atoms with Crippen LogP contribution in [0.1, 0.15) is 38.2 Å². The fraction of sp³-hybridized carbons (Fsp3) is 0.650. The Kier molecular flexibility index (Phi) is 6.86. The predicted molar refractivity (Wildman–Crippen MR) is 99.6 cm³/mol. The minimum atomic E-state index is -0.297. The molecule has 0 saturated carbocycles. The van der Waals surface area contributed by atoms with E-state index in [2.05, 4.69) is 15.5 Å². The summed E-state index contributed by atoms with van der Waals surface area (Å²) in [4.78, 5) is 14.5. The Morgan fingerprint density at radius 1 is 1.38 bits per heavy atom. The largest absolute Gasteiger partial charge is 0.491 e. The molecule has 144 valence electrons. The van der Waals surface area contributed by atoms with E-state index in [1.165, 1.54) is 0 Å². The van der Waals surface area contributed by atoms with Crippen LogP contribution in [0.4, 0.5) is 4.39 Å². The van der Waals surface area contributed by atoms with Gasteiger partial charge >= 0.3 is 0 Å². The molecule has 2 aliphatic rings. The van der Waals surface area contributed by atoms with Crippen LogP contribution >= 0.6 is 0 Å². The maximum absolute atomic E-state index is 14.0. The van der Waals surface area contributed by atoms with E-state index in [9.17, 15) is 9.18 Å². The van der Waals surface area contributed by atoms with Gasteiger partial charge in [-0.25, -0.2) is 4.39 Å². The van der Waals surface area contributed by atoms with Crippen LogP contribution in [0.15, 0.2) is 18.2 Å². The summed E-state index contributed by atoms with van der Waals surface area (Å²) in [5.41, 5.74) is 0.964. The van der Waals surface area contributed by atoms with E-state index in [1.807, 2.05) is 13.0 Å². The van der Waals surface area contributed by atoms with Gasteiger partial charge in [0.2, 0.25) is 5.91 Å². The number of hydrogen-bond donors (Lipinski definition) is 2. The molecule has 2 aliphatic heterocycles. The summed E-state index contributed by atoms with van der Waals surface area (Å²) in [6.45, 7) is 6.67. The van der Waals surface area contributed by atoms with E-state index in [0.717, 1.165) is 64.0 Å². The minimum absolute atomic E-state index is 0.0125. The number of piperidine rings is 1. The Morgan fingerprint density at radius 3 is 3.00 bits per heavy atom. The van der Waals surface area contributed by atoms with Crippen LogP contribution in [-0.4, -0.2) is 49.6 Å². The molecule has 26 heavy (non-hydrogen) atoms. The van der Waals surface area contributed by atoms with Crippen molar-refractivity contribution in [3.05, 3.63) is 29.6 Å². The van der Waals surface area contributed by atoms with Gasteiger partial charge in [0, 0.05) is 19.6 Å². The summed E-state index contributed by atoms with van der Waals surface area (Å²) in [5, 5.41) is 6.34. The molecular weight excluding hydrogens is 333 g/mol. The smallest absolute Gasteiger partial charge is 0.237 e. The SMILES string of the molecule is CCOc1ccc(CN2CCCC(CNC(=O)C3CCCN3)C2)cc1F. The lowest BCUT2D eigenvalue weighted by Gasteiger charge is -2.33. The Hall–Kier alpha value is -1.66. The first-order chi connectivity index (χ1) is 12.7. The first kappa shape index (κ1) is 19.1. The van der Waals surface area contributed by atoms with Gasteiger partial charge in [-0.2, -0.15) is 0 Å². The Bertz CT molecular complexity index is 605. The highest BCUT2D eigenvalue weighted by Gasteiger charge is 2.24. The topological polar surface area (TPSA) is 53.6 Å². The summed E-state index contributed by atoms with van der Waals surface area (Å²) in [5.74, 6) is 0.611. The molecule has 1 aromatic rings. The fourth-order valence-corrected chi connectivity index (χ4v) is 3.91. The van der Waals surface area contributed by atoms with Crippen molar-refractivity contribution in [3.8, 4) is 5.75 Å². The van der Waals surface area contributed by atoms with Crippen LogP contribution in [0.5, 0.6) is 5.75 Å². The van der Waals surface area contributed by atoms with Gasteiger partial charge < -0.3 is 15.4 Å². The van der Waals surface area contributed by atoms with E-state index < -0.39 is 0 Å². The van der Waals surface area contributed by atoms with Crippen molar-refractivity contribution in [2.24, 2.45) is 5.92 Å². The lowest BCUT2D eigenvalue weighted by molar-refractivity contribution is -0.123. The zero-order chi connectivity index (χ0) is 18.4. The molecule has 2 atom stereocenters. The van der Waals surface area contributed by atoms with Crippen LogP contribution < -0.4 is 15.4 Å². The summed E-state index contributed by atoms with van der Waals surface area (Å²) in [6, 6.07) is 5.21. The Balaban J connectivity index is 1.47. The zero-order valence-electron chi connectivity index (χ0n) is 15.6. The van der Waals surface area contributed by atoms with Crippen molar-refractivity contribution in [1.82, 2.24) is 15.5 Å². The summed E-state index contributed by atoms with van der Waals surface area (Å²) < 4.78 is 19.3. The van der Waals surface area contributed by atoms with Crippen LogP contribution in [-0.2, 0) is 11.3 Å². The van der Waals surface area contributed by atoms with Crippen LogP contribution in [0, 0.1) is 11.7 Å². The predicted octanol–water partition coefficient (Wildman–Crippen LogP) is 2.30. The third-order valence-electron chi connectivity index (χ3n) is 5.25. The highest BCUT2D eigenvalue weighted by Crippen LogP contribution is 2.22. The second-order valence-corrected chi connectivity index (χ2v) is 7.34. The molecule has 1 amide bonds. The molecule has 2 N–H and O–H groups in total. The van der Waals surface area contributed by atoms with Crippen LogP contribution in [0.25, 0.3) is 0 Å². The zero-order valence-corrected chi connectivity index (χ0v) is 15.6. The molecule has 5 nitrogen and oxygen atoms in total. The third kappa shape index (κ3) is 5.17. The number of halogens is 1. The molecule has 3 rings (SSSR count). The average molecular weight is 363 g/mol. The van der Waals surface area contributed by atoms with Crippen LogP contribution in [0.2, 0.25) is 0 Å². The number of carbonyl (C=O) groups excluding carboxylic acids is 1. The molecule has 6 heteroatoms. The van der Waals surface area contributed by atoms with Gasteiger partial charge in [0.15, 0.2) is 11.6 Å².